The van der Waals surface area contributed by atoms with Crippen LogP contribution in [0.2, 0.25) is 0 Å². The highest BCUT2D eigenvalue weighted by Gasteiger charge is 2.31. The van der Waals surface area contributed by atoms with Crippen LogP contribution in [0.15, 0.2) is 48.5 Å². The molecule has 6 heteroatoms. The standard InChI is InChI=1S/C17H19NO4S/c1-2-18(11-12-22-23(19,20)21)17-15-9-5-3-7-13(15)14-8-4-6-10-16(14)17/h3-10,17H,2,11-12H2,1H3,(H,19,20,21). The quantitative estimate of drug-likeness (QED) is 0.823. The molecule has 0 amide bonds. The van der Waals surface area contributed by atoms with Gasteiger partial charge in [0.25, 0.3) is 0 Å². The minimum atomic E-state index is -4.40. The molecule has 23 heavy (non-hydrogen) atoms. The fraction of sp³-hybridized carbons (Fsp3) is 0.294. The molecule has 0 saturated carbocycles. The van der Waals surface area contributed by atoms with Gasteiger partial charge in [-0.25, -0.2) is 4.18 Å². The van der Waals surface area contributed by atoms with Gasteiger partial charge in [-0.15, -0.1) is 0 Å². The Hall–Kier alpha value is -1.73. The van der Waals surface area contributed by atoms with E-state index in [1.807, 2.05) is 31.2 Å². The molecule has 0 heterocycles. The van der Waals surface area contributed by atoms with Gasteiger partial charge in [0.05, 0.1) is 12.6 Å². The predicted octanol–water partition coefficient (Wildman–Crippen LogP) is 2.90. The summed E-state index contributed by atoms with van der Waals surface area (Å²) in [6, 6.07) is 16.6. The van der Waals surface area contributed by atoms with Crippen molar-refractivity contribution in [2.24, 2.45) is 0 Å². The smallest absolute Gasteiger partial charge is 0.290 e. The van der Waals surface area contributed by atoms with Crippen molar-refractivity contribution in [1.29, 1.82) is 0 Å². The van der Waals surface area contributed by atoms with Gasteiger partial charge in [-0.05, 0) is 28.8 Å². The van der Waals surface area contributed by atoms with Gasteiger partial charge in [0.1, 0.15) is 0 Å². The van der Waals surface area contributed by atoms with E-state index in [1.165, 1.54) is 22.3 Å². The molecule has 122 valence electrons. The highest BCUT2D eigenvalue weighted by atomic mass is 32.3. The third kappa shape index (κ3) is 3.30. The van der Waals surface area contributed by atoms with Crippen molar-refractivity contribution in [2.75, 3.05) is 19.7 Å². The minimum Gasteiger partial charge on any atom is -0.290 e. The van der Waals surface area contributed by atoms with Crippen molar-refractivity contribution in [3.63, 3.8) is 0 Å². The van der Waals surface area contributed by atoms with Crippen molar-refractivity contribution in [1.82, 2.24) is 4.90 Å². The lowest BCUT2D eigenvalue weighted by atomic mass is 10.0. The van der Waals surface area contributed by atoms with Crippen molar-refractivity contribution in [3.05, 3.63) is 59.7 Å². The molecule has 0 aromatic heterocycles. The van der Waals surface area contributed by atoms with Crippen molar-refractivity contribution < 1.29 is 17.2 Å². The summed E-state index contributed by atoms with van der Waals surface area (Å²) in [5, 5.41) is 0. The van der Waals surface area contributed by atoms with E-state index in [0.717, 1.165) is 6.54 Å². The number of rotatable bonds is 6. The van der Waals surface area contributed by atoms with Gasteiger partial charge in [0.2, 0.25) is 0 Å². The summed E-state index contributed by atoms with van der Waals surface area (Å²) in [6.45, 7) is 3.09. The van der Waals surface area contributed by atoms with Crippen LogP contribution in [0.5, 0.6) is 0 Å². The summed E-state index contributed by atoms with van der Waals surface area (Å²) in [4.78, 5) is 2.15. The molecule has 1 aliphatic rings. The molecular weight excluding hydrogens is 314 g/mol. The Bertz CT molecular complexity index is 758. The molecule has 2 aromatic carbocycles. The first-order chi connectivity index (χ1) is 11.0. The Labute approximate surface area is 136 Å². The number of hydrogen-bond acceptors (Lipinski definition) is 4. The molecule has 0 unspecified atom stereocenters. The third-order valence-electron chi connectivity index (χ3n) is 4.18. The Balaban J connectivity index is 1.91. The normalized spacial score (nSPS) is 14.0. The average molecular weight is 333 g/mol. The molecule has 0 fully saturated rings. The van der Waals surface area contributed by atoms with Crippen LogP contribution >= 0.6 is 0 Å². The van der Waals surface area contributed by atoms with E-state index >= 15 is 0 Å². The fourth-order valence-electron chi connectivity index (χ4n) is 3.25. The summed E-state index contributed by atoms with van der Waals surface area (Å²) >= 11 is 0. The number of nitrogens with zero attached hydrogens (tertiary/aromatic N) is 1. The third-order valence-corrected chi connectivity index (χ3v) is 4.65. The van der Waals surface area contributed by atoms with Crippen LogP contribution < -0.4 is 0 Å². The molecule has 0 saturated heterocycles. The Morgan fingerprint density at radius 2 is 1.57 bits per heavy atom. The molecule has 0 bridgehead atoms. The van der Waals surface area contributed by atoms with E-state index in [1.54, 1.807) is 0 Å². The van der Waals surface area contributed by atoms with E-state index in [4.69, 9.17) is 4.55 Å². The zero-order chi connectivity index (χ0) is 16.4. The van der Waals surface area contributed by atoms with Gasteiger partial charge < -0.3 is 0 Å². The Morgan fingerprint density at radius 1 is 1.04 bits per heavy atom. The summed E-state index contributed by atoms with van der Waals surface area (Å²) in [5.74, 6) is 0. The lowest BCUT2D eigenvalue weighted by molar-refractivity contribution is 0.179. The van der Waals surface area contributed by atoms with Crippen LogP contribution in [0.3, 0.4) is 0 Å². The van der Waals surface area contributed by atoms with E-state index < -0.39 is 10.4 Å². The Kier molecular flexibility index (Phi) is 4.50. The van der Waals surface area contributed by atoms with Crippen LogP contribution in [-0.2, 0) is 14.6 Å². The van der Waals surface area contributed by atoms with E-state index in [2.05, 4.69) is 33.3 Å². The lowest BCUT2D eigenvalue weighted by Crippen LogP contribution is -2.32. The highest BCUT2D eigenvalue weighted by Crippen LogP contribution is 2.45. The van der Waals surface area contributed by atoms with Crippen LogP contribution in [-0.4, -0.2) is 37.6 Å². The first-order valence-electron chi connectivity index (χ1n) is 7.55. The first-order valence-corrected chi connectivity index (χ1v) is 8.92. The summed E-state index contributed by atoms with van der Waals surface area (Å²) < 4.78 is 34.7. The van der Waals surface area contributed by atoms with Crippen molar-refractivity contribution in [2.45, 2.75) is 13.0 Å². The molecule has 5 nitrogen and oxygen atoms in total. The molecule has 1 aliphatic carbocycles. The second-order valence-electron chi connectivity index (χ2n) is 5.46. The maximum atomic E-state index is 10.7. The van der Waals surface area contributed by atoms with Crippen molar-refractivity contribution >= 4 is 10.4 Å². The number of benzene rings is 2. The molecule has 0 aliphatic heterocycles. The number of fused-ring (bicyclic) bond motifs is 3. The second kappa shape index (κ2) is 6.41. The molecule has 3 rings (SSSR count). The van der Waals surface area contributed by atoms with E-state index in [9.17, 15) is 8.42 Å². The van der Waals surface area contributed by atoms with Crippen molar-refractivity contribution in [3.8, 4) is 11.1 Å². The van der Waals surface area contributed by atoms with Gasteiger partial charge in [0.15, 0.2) is 0 Å². The van der Waals surface area contributed by atoms with Gasteiger partial charge in [-0.3, -0.25) is 9.45 Å². The molecule has 2 aromatic rings. The second-order valence-corrected chi connectivity index (χ2v) is 6.55. The highest BCUT2D eigenvalue weighted by molar-refractivity contribution is 7.80. The maximum Gasteiger partial charge on any atom is 0.397 e. The summed E-state index contributed by atoms with van der Waals surface area (Å²) in [6.07, 6.45) is 0. The van der Waals surface area contributed by atoms with Crippen LogP contribution in [0.25, 0.3) is 11.1 Å². The molecule has 1 N–H and O–H groups in total. The predicted molar refractivity (Wildman–Crippen MR) is 88.5 cm³/mol. The van der Waals surface area contributed by atoms with Crippen LogP contribution in [0.1, 0.15) is 24.1 Å². The zero-order valence-corrected chi connectivity index (χ0v) is 13.7. The maximum absolute atomic E-state index is 10.7. The monoisotopic (exact) mass is 333 g/mol. The molecule has 0 atom stereocenters. The first kappa shape index (κ1) is 16.1. The number of likely N-dealkylation sites (N-methyl/N-ethyl adjacent to an activating group) is 1. The zero-order valence-electron chi connectivity index (χ0n) is 12.8. The average Bonchev–Trinajstić information content (AvgIpc) is 2.85. The number of hydrogen-bond donors (Lipinski definition) is 1. The van der Waals surface area contributed by atoms with Gasteiger partial charge in [-0.2, -0.15) is 8.42 Å². The van der Waals surface area contributed by atoms with Gasteiger partial charge >= 0.3 is 10.4 Å². The van der Waals surface area contributed by atoms with E-state index in [0.29, 0.717) is 6.54 Å². The molecule has 0 spiro atoms. The molecule has 0 radical (unpaired) electrons. The molecular formula is C17H19NO4S. The Morgan fingerprint density at radius 3 is 2.04 bits per heavy atom. The van der Waals surface area contributed by atoms with Gasteiger partial charge in [0, 0.05) is 6.54 Å². The van der Waals surface area contributed by atoms with Crippen LogP contribution in [0, 0.1) is 0 Å². The fourth-order valence-corrected chi connectivity index (χ4v) is 3.54. The summed E-state index contributed by atoms with van der Waals surface area (Å²) in [7, 11) is -4.40. The SMILES string of the molecule is CCN(CCOS(=O)(=O)O)C1c2ccccc2-c2ccccc21. The topological polar surface area (TPSA) is 66.8 Å². The minimum absolute atomic E-state index is 0.0670. The van der Waals surface area contributed by atoms with Gasteiger partial charge in [-0.1, -0.05) is 55.5 Å². The van der Waals surface area contributed by atoms with Crippen LogP contribution in [0.4, 0.5) is 0 Å². The lowest BCUT2D eigenvalue weighted by Gasteiger charge is -2.29. The largest absolute Gasteiger partial charge is 0.397 e. The summed E-state index contributed by atoms with van der Waals surface area (Å²) in [5.41, 5.74) is 4.84. The van der Waals surface area contributed by atoms with E-state index in [-0.39, 0.29) is 12.6 Å².